The number of benzene rings is 1. The lowest BCUT2D eigenvalue weighted by Crippen LogP contribution is -2.38. The Labute approximate surface area is 151 Å². The maximum Gasteiger partial charge on any atom is 0.325 e. The predicted molar refractivity (Wildman–Crippen MR) is 94.8 cm³/mol. The lowest BCUT2D eigenvalue weighted by atomic mass is 10.2. The maximum absolute atomic E-state index is 12.4. The summed E-state index contributed by atoms with van der Waals surface area (Å²) in [5.74, 6) is 0.976. The second kappa shape index (κ2) is 9.67. The van der Waals surface area contributed by atoms with Gasteiger partial charge in [-0.3, -0.25) is 9.59 Å². The number of amides is 1. The second-order valence-corrected chi connectivity index (χ2v) is 6.85. The molecular weight excluding hydrogens is 374 g/mol. The molecule has 0 atom stereocenters. The summed E-state index contributed by atoms with van der Waals surface area (Å²) >= 11 is 3.39. The van der Waals surface area contributed by atoms with Crippen molar-refractivity contribution in [3.05, 3.63) is 28.7 Å². The molecule has 0 aliphatic heterocycles. The van der Waals surface area contributed by atoms with E-state index in [-0.39, 0.29) is 18.4 Å². The van der Waals surface area contributed by atoms with Crippen LogP contribution in [0.5, 0.6) is 5.75 Å². The minimum absolute atomic E-state index is 0.00667. The van der Waals surface area contributed by atoms with Crippen molar-refractivity contribution in [3.63, 3.8) is 0 Å². The van der Waals surface area contributed by atoms with Gasteiger partial charge in [-0.05, 0) is 50.3 Å². The third-order valence-corrected chi connectivity index (χ3v) is 4.25. The Balaban J connectivity index is 1.73. The highest BCUT2D eigenvalue weighted by molar-refractivity contribution is 9.10. The van der Waals surface area contributed by atoms with Crippen LogP contribution in [0.4, 0.5) is 0 Å². The number of rotatable bonds is 10. The molecule has 0 unspecified atom stereocenters. The number of halogens is 1. The van der Waals surface area contributed by atoms with E-state index in [1.165, 1.54) is 0 Å². The summed E-state index contributed by atoms with van der Waals surface area (Å²) in [6, 6.07) is 7.61. The number of carbonyl (C=O) groups is 2. The topological polar surface area (TPSA) is 55.8 Å². The van der Waals surface area contributed by atoms with E-state index in [0.717, 1.165) is 23.1 Å². The Hall–Kier alpha value is -1.56. The van der Waals surface area contributed by atoms with Crippen molar-refractivity contribution in [1.29, 1.82) is 0 Å². The summed E-state index contributed by atoms with van der Waals surface area (Å²) in [5, 5.41) is 0. The summed E-state index contributed by atoms with van der Waals surface area (Å²) in [4.78, 5) is 25.7. The van der Waals surface area contributed by atoms with Crippen LogP contribution in [0.2, 0.25) is 0 Å². The lowest BCUT2D eigenvalue weighted by molar-refractivity contribution is -0.149. The molecule has 2 rings (SSSR count). The van der Waals surface area contributed by atoms with Crippen LogP contribution in [0, 0.1) is 5.92 Å². The molecular formula is C18H24BrNO4. The SMILES string of the molecule is CCOC(=O)CN(CC1CC1)C(=O)CCCOc1cccc(Br)c1. The van der Waals surface area contributed by atoms with Crippen molar-refractivity contribution in [3.8, 4) is 5.75 Å². The van der Waals surface area contributed by atoms with Gasteiger partial charge < -0.3 is 14.4 Å². The first-order valence-corrected chi connectivity index (χ1v) is 9.19. The molecule has 1 fully saturated rings. The van der Waals surface area contributed by atoms with Gasteiger partial charge in [-0.1, -0.05) is 22.0 Å². The van der Waals surface area contributed by atoms with Crippen molar-refractivity contribution in [2.45, 2.75) is 32.6 Å². The van der Waals surface area contributed by atoms with Crippen molar-refractivity contribution < 1.29 is 19.1 Å². The highest BCUT2D eigenvalue weighted by atomic mass is 79.9. The molecule has 0 radical (unpaired) electrons. The fourth-order valence-corrected chi connectivity index (χ4v) is 2.74. The summed E-state index contributed by atoms with van der Waals surface area (Å²) in [6.45, 7) is 3.29. The summed E-state index contributed by atoms with van der Waals surface area (Å²) in [7, 11) is 0. The van der Waals surface area contributed by atoms with Gasteiger partial charge in [0, 0.05) is 17.4 Å². The van der Waals surface area contributed by atoms with Gasteiger partial charge in [0.05, 0.1) is 13.2 Å². The maximum atomic E-state index is 12.4. The number of carbonyl (C=O) groups excluding carboxylic acids is 2. The summed E-state index contributed by atoms with van der Waals surface area (Å²) < 4.78 is 11.6. The van der Waals surface area contributed by atoms with Gasteiger partial charge in [0.2, 0.25) is 5.91 Å². The second-order valence-electron chi connectivity index (χ2n) is 5.93. The van der Waals surface area contributed by atoms with E-state index in [1.54, 1.807) is 11.8 Å². The van der Waals surface area contributed by atoms with Crippen molar-refractivity contribution >= 4 is 27.8 Å². The minimum Gasteiger partial charge on any atom is -0.494 e. The van der Waals surface area contributed by atoms with Gasteiger partial charge in [0.15, 0.2) is 0 Å². The first kappa shape index (κ1) is 18.8. The third kappa shape index (κ3) is 6.91. The van der Waals surface area contributed by atoms with E-state index in [9.17, 15) is 9.59 Å². The van der Waals surface area contributed by atoms with Gasteiger partial charge in [0.25, 0.3) is 0 Å². The Morgan fingerprint density at radius 1 is 1.33 bits per heavy atom. The summed E-state index contributed by atoms with van der Waals surface area (Å²) in [5.41, 5.74) is 0. The van der Waals surface area contributed by atoms with E-state index < -0.39 is 0 Å². The van der Waals surface area contributed by atoms with Crippen molar-refractivity contribution in [2.24, 2.45) is 5.92 Å². The molecule has 0 bridgehead atoms. The fourth-order valence-electron chi connectivity index (χ4n) is 2.36. The normalized spacial score (nSPS) is 13.4. The predicted octanol–water partition coefficient (Wildman–Crippen LogP) is 3.41. The standard InChI is InChI=1S/C18H24BrNO4/c1-2-23-18(22)13-20(12-14-8-9-14)17(21)7-4-10-24-16-6-3-5-15(19)11-16/h3,5-6,11,14H,2,4,7-10,12-13H2,1H3. The van der Waals surface area contributed by atoms with E-state index in [0.29, 0.717) is 38.5 Å². The molecule has 5 nitrogen and oxygen atoms in total. The van der Waals surface area contributed by atoms with Crippen molar-refractivity contribution in [1.82, 2.24) is 4.90 Å². The number of hydrogen-bond donors (Lipinski definition) is 0. The van der Waals surface area contributed by atoms with E-state index in [2.05, 4.69) is 15.9 Å². The molecule has 1 amide bonds. The fraction of sp³-hybridized carbons (Fsp3) is 0.556. The molecule has 24 heavy (non-hydrogen) atoms. The van der Waals surface area contributed by atoms with Crippen LogP contribution in [-0.2, 0) is 14.3 Å². The van der Waals surface area contributed by atoms with E-state index >= 15 is 0 Å². The van der Waals surface area contributed by atoms with Gasteiger partial charge in [-0.2, -0.15) is 0 Å². The molecule has 0 N–H and O–H groups in total. The first-order chi connectivity index (χ1) is 11.6. The average molecular weight is 398 g/mol. The van der Waals surface area contributed by atoms with Gasteiger partial charge in [-0.25, -0.2) is 0 Å². The van der Waals surface area contributed by atoms with Gasteiger partial charge >= 0.3 is 5.97 Å². The molecule has 1 aliphatic carbocycles. The van der Waals surface area contributed by atoms with Crippen LogP contribution < -0.4 is 4.74 Å². The highest BCUT2D eigenvalue weighted by Crippen LogP contribution is 2.30. The molecule has 132 valence electrons. The Morgan fingerprint density at radius 2 is 2.12 bits per heavy atom. The number of ether oxygens (including phenoxy) is 2. The first-order valence-electron chi connectivity index (χ1n) is 8.40. The molecule has 0 aromatic heterocycles. The van der Waals surface area contributed by atoms with Crippen LogP contribution in [0.1, 0.15) is 32.6 Å². The molecule has 1 aromatic carbocycles. The Morgan fingerprint density at radius 3 is 2.79 bits per heavy atom. The quantitative estimate of drug-likeness (QED) is 0.448. The van der Waals surface area contributed by atoms with Crippen LogP contribution >= 0.6 is 15.9 Å². The van der Waals surface area contributed by atoms with E-state index in [1.807, 2.05) is 24.3 Å². The summed E-state index contributed by atoms with van der Waals surface area (Å²) in [6.07, 6.45) is 3.27. The number of esters is 1. The molecule has 0 heterocycles. The third-order valence-electron chi connectivity index (χ3n) is 3.75. The molecule has 0 spiro atoms. The Bertz CT molecular complexity index is 560. The Kier molecular flexibility index (Phi) is 7.56. The minimum atomic E-state index is -0.336. The van der Waals surface area contributed by atoms with Crippen LogP contribution in [0.3, 0.4) is 0 Å². The van der Waals surface area contributed by atoms with Gasteiger partial charge in [-0.15, -0.1) is 0 Å². The zero-order valence-electron chi connectivity index (χ0n) is 14.0. The zero-order chi connectivity index (χ0) is 17.4. The van der Waals surface area contributed by atoms with Crippen LogP contribution in [0.15, 0.2) is 28.7 Å². The molecule has 1 saturated carbocycles. The van der Waals surface area contributed by atoms with E-state index in [4.69, 9.17) is 9.47 Å². The molecule has 1 aliphatic rings. The van der Waals surface area contributed by atoms with Crippen LogP contribution in [0.25, 0.3) is 0 Å². The molecule has 0 saturated heterocycles. The van der Waals surface area contributed by atoms with Crippen LogP contribution in [-0.4, -0.2) is 43.1 Å². The smallest absolute Gasteiger partial charge is 0.325 e. The monoisotopic (exact) mass is 397 g/mol. The lowest BCUT2D eigenvalue weighted by Gasteiger charge is -2.21. The average Bonchev–Trinajstić information content (AvgIpc) is 3.35. The highest BCUT2D eigenvalue weighted by Gasteiger charge is 2.28. The largest absolute Gasteiger partial charge is 0.494 e. The van der Waals surface area contributed by atoms with Gasteiger partial charge in [0.1, 0.15) is 12.3 Å². The number of hydrogen-bond acceptors (Lipinski definition) is 4. The zero-order valence-corrected chi connectivity index (χ0v) is 15.6. The van der Waals surface area contributed by atoms with Crippen molar-refractivity contribution in [2.75, 3.05) is 26.3 Å². The molecule has 1 aromatic rings. The molecule has 6 heteroatoms. The number of nitrogens with zero attached hydrogens (tertiary/aromatic N) is 1.